The lowest BCUT2D eigenvalue weighted by Crippen LogP contribution is -2.15. The van der Waals surface area contributed by atoms with Crippen LogP contribution >= 0.6 is 0 Å². The summed E-state index contributed by atoms with van der Waals surface area (Å²) in [6, 6.07) is 8.83. The summed E-state index contributed by atoms with van der Waals surface area (Å²) in [7, 11) is -3.79. The van der Waals surface area contributed by atoms with Gasteiger partial charge in [0, 0.05) is 6.92 Å². The van der Waals surface area contributed by atoms with E-state index in [-0.39, 0.29) is 16.3 Å². The molecule has 1 amide bonds. The van der Waals surface area contributed by atoms with Crippen molar-refractivity contribution in [3.63, 3.8) is 0 Å². The van der Waals surface area contributed by atoms with Crippen molar-refractivity contribution < 1.29 is 17.6 Å². The first-order valence-corrected chi connectivity index (χ1v) is 9.55. The number of hydrogen-bond donors (Lipinski definition) is 2. The van der Waals surface area contributed by atoms with Gasteiger partial charge in [-0.05, 0) is 67.1 Å². The van der Waals surface area contributed by atoms with E-state index in [0.29, 0.717) is 0 Å². The molecule has 0 aromatic heterocycles. The molecule has 0 radical (unpaired) electrons. The average Bonchev–Trinajstić information content (AvgIpc) is 2.57. The van der Waals surface area contributed by atoms with E-state index in [2.05, 4.69) is 10.0 Å². The fourth-order valence-corrected chi connectivity index (χ4v) is 4.06. The Labute approximate surface area is 146 Å². The van der Waals surface area contributed by atoms with Crippen molar-refractivity contribution in [3.05, 3.63) is 53.3 Å². The Bertz CT molecular complexity index is 926. The molecule has 0 fully saturated rings. The monoisotopic (exact) mass is 362 g/mol. The van der Waals surface area contributed by atoms with Gasteiger partial charge in [-0.3, -0.25) is 9.52 Å². The normalized spacial score (nSPS) is 13.8. The number of halogens is 1. The van der Waals surface area contributed by atoms with Crippen LogP contribution in [0.15, 0.2) is 41.3 Å². The van der Waals surface area contributed by atoms with E-state index in [9.17, 15) is 17.6 Å². The maximum Gasteiger partial charge on any atom is 0.261 e. The molecule has 2 aromatic carbocycles. The summed E-state index contributed by atoms with van der Waals surface area (Å²) >= 11 is 0. The average molecular weight is 362 g/mol. The highest BCUT2D eigenvalue weighted by Crippen LogP contribution is 2.26. The highest BCUT2D eigenvalue weighted by Gasteiger charge is 2.18. The third-order valence-electron chi connectivity index (χ3n) is 4.16. The highest BCUT2D eigenvalue weighted by atomic mass is 32.2. The summed E-state index contributed by atoms with van der Waals surface area (Å²) in [5, 5.41) is 2.33. The van der Waals surface area contributed by atoms with Crippen LogP contribution in [0, 0.1) is 5.82 Å². The van der Waals surface area contributed by atoms with Crippen molar-refractivity contribution in [1.29, 1.82) is 0 Å². The Morgan fingerprint density at radius 2 is 1.76 bits per heavy atom. The van der Waals surface area contributed by atoms with Crippen LogP contribution in [0.25, 0.3) is 0 Å². The zero-order valence-corrected chi connectivity index (χ0v) is 14.6. The molecule has 7 heteroatoms. The van der Waals surface area contributed by atoms with Crippen LogP contribution in [-0.2, 0) is 27.7 Å². The molecule has 0 unspecified atom stereocenters. The molecule has 0 saturated carbocycles. The topological polar surface area (TPSA) is 75.3 Å². The Balaban J connectivity index is 1.88. The van der Waals surface area contributed by atoms with Crippen molar-refractivity contribution in [2.75, 3.05) is 10.0 Å². The van der Waals surface area contributed by atoms with Crippen molar-refractivity contribution in [3.8, 4) is 0 Å². The summed E-state index contributed by atoms with van der Waals surface area (Å²) in [6.45, 7) is 1.25. The molecule has 2 N–H and O–H groups in total. The van der Waals surface area contributed by atoms with E-state index in [0.717, 1.165) is 37.3 Å². The van der Waals surface area contributed by atoms with Crippen LogP contribution < -0.4 is 10.0 Å². The van der Waals surface area contributed by atoms with E-state index >= 15 is 0 Å². The smallest absolute Gasteiger partial charge is 0.261 e. The van der Waals surface area contributed by atoms with E-state index in [1.54, 1.807) is 12.1 Å². The van der Waals surface area contributed by atoms with Crippen molar-refractivity contribution in [2.45, 2.75) is 37.5 Å². The SMILES string of the molecule is CC(=O)Nc1cc(NS(=O)(=O)c2ccc3c(c2)CCCC3)ccc1F. The molecule has 25 heavy (non-hydrogen) atoms. The van der Waals surface area contributed by atoms with Gasteiger partial charge < -0.3 is 5.32 Å². The second kappa shape index (κ2) is 6.84. The molecular weight excluding hydrogens is 343 g/mol. The van der Waals surface area contributed by atoms with Gasteiger partial charge in [-0.15, -0.1) is 0 Å². The summed E-state index contributed by atoms with van der Waals surface area (Å²) in [5.41, 5.74) is 2.37. The molecule has 132 valence electrons. The molecule has 0 spiro atoms. The zero-order valence-electron chi connectivity index (χ0n) is 13.8. The molecule has 2 aromatic rings. The third-order valence-corrected chi connectivity index (χ3v) is 5.54. The fourth-order valence-electron chi connectivity index (χ4n) is 2.97. The van der Waals surface area contributed by atoms with E-state index in [4.69, 9.17) is 0 Å². The second-order valence-corrected chi connectivity index (χ2v) is 7.80. The predicted molar refractivity (Wildman–Crippen MR) is 94.6 cm³/mol. The number of carbonyl (C=O) groups excluding carboxylic acids is 1. The Hall–Kier alpha value is -2.41. The maximum absolute atomic E-state index is 13.7. The van der Waals surface area contributed by atoms with Crippen LogP contribution in [0.1, 0.15) is 30.9 Å². The first-order chi connectivity index (χ1) is 11.8. The number of hydrogen-bond acceptors (Lipinski definition) is 3. The molecule has 0 bridgehead atoms. The van der Waals surface area contributed by atoms with Gasteiger partial charge in [0.05, 0.1) is 16.3 Å². The van der Waals surface area contributed by atoms with Gasteiger partial charge in [0.15, 0.2) is 0 Å². The summed E-state index contributed by atoms with van der Waals surface area (Å²) in [6.07, 6.45) is 4.03. The molecule has 3 rings (SSSR count). The minimum atomic E-state index is -3.79. The number of amides is 1. The molecule has 0 heterocycles. The van der Waals surface area contributed by atoms with E-state index in [1.807, 2.05) is 6.07 Å². The van der Waals surface area contributed by atoms with Crippen LogP contribution in [0.5, 0.6) is 0 Å². The zero-order chi connectivity index (χ0) is 18.0. The highest BCUT2D eigenvalue weighted by molar-refractivity contribution is 7.92. The number of rotatable bonds is 4. The molecule has 5 nitrogen and oxygen atoms in total. The van der Waals surface area contributed by atoms with E-state index < -0.39 is 21.7 Å². The number of benzene rings is 2. The molecule has 0 saturated heterocycles. The summed E-state index contributed by atoms with van der Waals surface area (Å²) in [5.74, 6) is -1.07. The van der Waals surface area contributed by atoms with Crippen molar-refractivity contribution in [1.82, 2.24) is 0 Å². The summed E-state index contributed by atoms with van der Waals surface area (Å²) < 4.78 is 41.3. The standard InChI is InChI=1S/C18H19FN2O3S/c1-12(22)20-18-11-15(7-9-17(18)19)21-25(23,24)16-8-6-13-4-2-3-5-14(13)10-16/h6-11,21H,2-5H2,1H3,(H,20,22). The predicted octanol–water partition coefficient (Wildman–Crippen LogP) is 3.46. The maximum atomic E-state index is 13.7. The Morgan fingerprint density at radius 1 is 1.04 bits per heavy atom. The minimum Gasteiger partial charge on any atom is -0.324 e. The Kier molecular flexibility index (Phi) is 4.76. The quantitative estimate of drug-likeness (QED) is 0.875. The van der Waals surface area contributed by atoms with Crippen LogP contribution in [0.2, 0.25) is 0 Å². The second-order valence-electron chi connectivity index (χ2n) is 6.12. The molecule has 0 aliphatic heterocycles. The lowest BCUT2D eigenvalue weighted by molar-refractivity contribution is -0.114. The molecule has 0 atom stereocenters. The first-order valence-electron chi connectivity index (χ1n) is 8.07. The van der Waals surface area contributed by atoms with Crippen LogP contribution in [-0.4, -0.2) is 14.3 Å². The fraction of sp³-hybridized carbons (Fsp3) is 0.278. The Morgan fingerprint density at radius 3 is 2.48 bits per heavy atom. The number of fused-ring (bicyclic) bond motifs is 1. The van der Waals surface area contributed by atoms with Gasteiger partial charge in [-0.1, -0.05) is 6.07 Å². The summed E-state index contributed by atoms with van der Waals surface area (Å²) in [4.78, 5) is 11.3. The lowest BCUT2D eigenvalue weighted by atomic mass is 9.92. The van der Waals surface area contributed by atoms with E-state index in [1.165, 1.54) is 24.6 Å². The van der Waals surface area contributed by atoms with Gasteiger partial charge in [-0.2, -0.15) is 0 Å². The van der Waals surface area contributed by atoms with Gasteiger partial charge in [0.2, 0.25) is 5.91 Å². The third kappa shape index (κ3) is 3.99. The lowest BCUT2D eigenvalue weighted by Gasteiger charge is -2.17. The molecule has 1 aliphatic rings. The van der Waals surface area contributed by atoms with Crippen molar-refractivity contribution in [2.24, 2.45) is 0 Å². The van der Waals surface area contributed by atoms with Gasteiger partial charge in [-0.25, -0.2) is 12.8 Å². The number of carbonyl (C=O) groups is 1. The van der Waals surface area contributed by atoms with Crippen molar-refractivity contribution >= 4 is 27.3 Å². The first kappa shape index (κ1) is 17.4. The number of nitrogens with one attached hydrogen (secondary N) is 2. The number of anilines is 2. The van der Waals surface area contributed by atoms with Crippen LogP contribution in [0.4, 0.5) is 15.8 Å². The largest absolute Gasteiger partial charge is 0.324 e. The number of aryl methyl sites for hydroxylation is 2. The minimum absolute atomic E-state index is 0.0712. The van der Waals surface area contributed by atoms with Gasteiger partial charge >= 0.3 is 0 Å². The molecular formula is C18H19FN2O3S. The van der Waals surface area contributed by atoms with Gasteiger partial charge in [0.1, 0.15) is 5.82 Å². The van der Waals surface area contributed by atoms with Crippen LogP contribution in [0.3, 0.4) is 0 Å². The number of sulfonamides is 1. The van der Waals surface area contributed by atoms with Gasteiger partial charge in [0.25, 0.3) is 10.0 Å². The molecule has 1 aliphatic carbocycles.